The number of carboxylic acids is 1. The second-order valence-electron chi connectivity index (χ2n) is 4.33. The maximum atomic E-state index is 11.7. The van der Waals surface area contributed by atoms with E-state index in [1.807, 2.05) is 0 Å². The first-order valence-electron chi connectivity index (χ1n) is 5.83. The summed E-state index contributed by atoms with van der Waals surface area (Å²) < 4.78 is 4.70. The van der Waals surface area contributed by atoms with Crippen LogP contribution >= 0.6 is 0 Å². The minimum atomic E-state index is -1.17. The van der Waals surface area contributed by atoms with Crippen LogP contribution in [-0.2, 0) is 14.3 Å². The first-order valence-corrected chi connectivity index (χ1v) is 5.83. The van der Waals surface area contributed by atoms with E-state index in [4.69, 9.17) is 9.84 Å². The molecule has 1 fully saturated rings. The smallest absolute Gasteiger partial charge is 0.329 e. The SMILES string of the molecule is CCOC(=O)CN(C)C(=O)NC1(C(=O)O)CCC1. The summed E-state index contributed by atoms with van der Waals surface area (Å²) in [6, 6.07) is -0.579. The van der Waals surface area contributed by atoms with E-state index in [-0.39, 0.29) is 13.2 Å². The zero-order valence-corrected chi connectivity index (χ0v) is 10.6. The molecule has 0 heterocycles. The molecule has 1 aliphatic carbocycles. The van der Waals surface area contributed by atoms with Crippen LogP contribution in [0.4, 0.5) is 4.79 Å². The lowest BCUT2D eigenvalue weighted by molar-refractivity contribution is -0.148. The molecule has 0 aromatic carbocycles. The van der Waals surface area contributed by atoms with Crippen molar-refractivity contribution in [2.45, 2.75) is 31.7 Å². The fourth-order valence-corrected chi connectivity index (χ4v) is 1.69. The monoisotopic (exact) mass is 258 g/mol. The van der Waals surface area contributed by atoms with Gasteiger partial charge < -0.3 is 20.1 Å². The number of nitrogens with one attached hydrogen (secondary N) is 1. The Morgan fingerprint density at radius 1 is 1.39 bits per heavy atom. The second kappa shape index (κ2) is 5.70. The summed E-state index contributed by atoms with van der Waals surface area (Å²) in [4.78, 5) is 35.1. The van der Waals surface area contributed by atoms with Crippen LogP contribution in [0, 0.1) is 0 Å². The summed E-state index contributed by atoms with van der Waals surface area (Å²) >= 11 is 0. The van der Waals surface area contributed by atoms with E-state index in [0.29, 0.717) is 12.8 Å². The number of nitrogens with zero attached hydrogens (tertiary/aromatic N) is 1. The first-order chi connectivity index (χ1) is 8.41. The highest BCUT2D eigenvalue weighted by molar-refractivity contribution is 5.88. The third-order valence-corrected chi connectivity index (χ3v) is 2.98. The zero-order chi connectivity index (χ0) is 13.8. The van der Waals surface area contributed by atoms with Gasteiger partial charge in [0.1, 0.15) is 12.1 Å². The average molecular weight is 258 g/mol. The Balaban J connectivity index is 2.49. The number of ether oxygens (including phenoxy) is 1. The van der Waals surface area contributed by atoms with Crippen molar-refractivity contribution in [1.29, 1.82) is 0 Å². The molecule has 7 nitrogen and oxygen atoms in total. The van der Waals surface area contributed by atoms with E-state index in [9.17, 15) is 14.4 Å². The molecule has 0 unspecified atom stereocenters. The van der Waals surface area contributed by atoms with Gasteiger partial charge in [-0.1, -0.05) is 0 Å². The number of carbonyl (C=O) groups excluding carboxylic acids is 2. The molecule has 1 rings (SSSR count). The number of hydrogen-bond donors (Lipinski definition) is 2. The Morgan fingerprint density at radius 3 is 2.39 bits per heavy atom. The van der Waals surface area contributed by atoms with Gasteiger partial charge in [-0.05, 0) is 26.2 Å². The molecule has 0 saturated heterocycles. The Labute approximate surface area is 105 Å². The van der Waals surface area contributed by atoms with Crippen molar-refractivity contribution in [3.05, 3.63) is 0 Å². The van der Waals surface area contributed by atoms with Gasteiger partial charge >= 0.3 is 18.0 Å². The Kier molecular flexibility index (Phi) is 4.52. The molecule has 2 amide bonds. The molecule has 102 valence electrons. The predicted octanol–water partition coefficient (Wildman–Crippen LogP) is 0.198. The number of amides is 2. The molecular weight excluding hydrogens is 240 g/mol. The molecule has 0 aliphatic heterocycles. The van der Waals surface area contributed by atoms with Crippen molar-refractivity contribution in [3.8, 4) is 0 Å². The average Bonchev–Trinajstić information content (AvgIpc) is 2.22. The van der Waals surface area contributed by atoms with Gasteiger partial charge in [-0.15, -0.1) is 0 Å². The fraction of sp³-hybridized carbons (Fsp3) is 0.727. The van der Waals surface area contributed by atoms with Crippen molar-refractivity contribution in [2.24, 2.45) is 0 Å². The van der Waals surface area contributed by atoms with E-state index in [2.05, 4.69) is 5.32 Å². The minimum absolute atomic E-state index is 0.199. The highest BCUT2D eigenvalue weighted by atomic mass is 16.5. The summed E-state index contributed by atoms with van der Waals surface area (Å²) in [5.74, 6) is -1.56. The van der Waals surface area contributed by atoms with Crippen LogP contribution in [0.1, 0.15) is 26.2 Å². The van der Waals surface area contributed by atoms with E-state index >= 15 is 0 Å². The van der Waals surface area contributed by atoms with Crippen molar-refractivity contribution in [3.63, 3.8) is 0 Å². The molecule has 1 aliphatic rings. The van der Waals surface area contributed by atoms with E-state index in [0.717, 1.165) is 11.3 Å². The van der Waals surface area contributed by atoms with Crippen LogP contribution < -0.4 is 5.32 Å². The van der Waals surface area contributed by atoms with Crippen molar-refractivity contribution < 1.29 is 24.2 Å². The quantitative estimate of drug-likeness (QED) is 0.687. The number of hydrogen-bond acceptors (Lipinski definition) is 4. The van der Waals surface area contributed by atoms with Gasteiger partial charge in [0.2, 0.25) is 0 Å². The highest BCUT2D eigenvalue weighted by Crippen LogP contribution is 2.32. The molecule has 0 spiro atoms. The lowest BCUT2D eigenvalue weighted by atomic mass is 9.77. The Hall–Kier alpha value is -1.79. The lowest BCUT2D eigenvalue weighted by Gasteiger charge is -2.39. The lowest BCUT2D eigenvalue weighted by Crippen LogP contribution is -2.61. The maximum absolute atomic E-state index is 11.7. The topological polar surface area (TPSA) is 95.9 Å². The van der Waals surface area contributed by atoms with Crippen LogP contribution in [-0.4, -0.2) is 53.7 Å². The number of likely N-dealkylation sites (N-methyl/N-ethyl adjacent to an activating group) is 1. The molecule has 0 aromatic heterocycles. The molecule has 2 N–H and O–H groups in total. The van der Waals surface area contributed by atoms with Crippen LogP contribution in [0.5, 0.6) is 0 Å². The standard InChI is InChI=1S/C11H18N2O5/c1-3-18-8(14)7-13(2)10(17)12-11(9(15)16)5-4-6-11/h3-7H2,1-2H3,(H,12,17)(H,15,16). The summed E-state index contributed by atoms with van der Waals surface area (Å²) in [5, 5.41) is 11.5. The van der Waals surface area contributed by atoms with Gasteiger partial charge in [-0.25, -0.2) is 9.59 Å². The number of rotatable bonds is 5. The number of carbonyl (C=O) groups is 3. The number of esters is 1. The van der Waals surface area contributed by atoms with Crippen LogP contribution in [0.2, 0.25) is 0 Å². The van der Waals surface area contributed by atoms with Crippen LogP contribution in [0.15, 0.2) is 0 Å². The maximum Gasteiger partial charge on any atom is 0.329 e. The van der Waals surface area contributed by atoms with Gasteiger partial charge in [0.25, 0.3) is 0 Å². The van der Waals surface area contributed by atoms with E-state index < -0.39 is 23.5 Å². The van der Waals surface area contributed by atoms with Crippen molar-refractivity contribution in [1.82, 2.24) is 10.2 Å². The van der Waals surface area contributed by atoms with Gasteiger partial charge in [-0.2, -0.15) is 0 Å². The molecule has 0 bridgehead atoms. The molecule has 0 radical (unpaired) electrons. The molecular formula is C11H18N2O5. The summed E-state index contributed by atoms with van der Waals surface area (Å²) in [7, 11) is 1.42. The Morgan fingerprint density at radius 2 is 2.00 bits per heavy atom. The largest absolute Gasteiger partial charge is 0.480 e. The number of aliphatic carboxylic acids is 1. The Bertz CT molecular complexity index is 351. The van der Waals surface area contributed by atoms with Gasteiger partial charge in [0, 0.05) is 7.05 Å². The minimum Gasteiger partial charge on any atom is -0.480 e. The van der Waals surface area contributed by atoms with E-state index in [1.54, 1.807) is 6.92 Å². The van der Waals surface area contributed by atoms with Crippen molar-refractivity contribution in [2.75, 3.05) is 20.2 Å². The fourth-order valence-electron chi connectivity index (χ4n) is 1.69. The normalized spacial score (nSPS) is 16.3. The third kappa shape index (κ3) is 3.12. The summed E-state index contributed by atoms with van der Waals surface area (Å²) in [5.41, 5.74) is -1.17. The predicted molar refractivity (Wildman–Crippen MR) is 62.0 cm³/mol. The van der Waals surface area contributed by atoms with Crippen LogP contribution in [0.3, 0.4) is 0 Å². The van der Waals surface area contributed by atoms with Crippen molar-refractivity contribution >= 4 is 18.0 Å². The van der Waals surface area contributed by atoms with Gasteiger partial charge in [-0.3, -0.25) is 4.79 Å². The molecule has 7 heteroatoms. The van der Waals surface area contributed by atoms with Gasteiger partial charge in [0.15, 0.2) is 0 Å². The summed E-state index contributed by atoms with van der Waals surface area (Å²) in [6.45, 7) is 1.72. The third-order valence-electron chi connectivity index (χ3n) is 2.98. The second-order valence-corrected chi connectivity index (χ2v) is 4.33. The first kappa shape index (κ1) is 14.3. The molecule has 1 saturated carbocycles. The highest BCUT2D eigenvalue weighted by Gasteiger charge is 2.46. The molecule has 0 aromatic rings. The number of carboxylic acid groups (broad SMARTS) is 1. The molecule has 0 atom stereocenters. The molecule has 18 heavy (non-hydrogen) atoms. The summed E-state index contributed by atoms with van der Waals surface area (Å²) in [6.07, 6.45) is 1.61. The number of urea groups is 1. The zero-order valence-electron chi connectivity index (χ0n) is 10.6. The van der Waals surface area contributed by atoms with Gasteiger partial charge in [0.05, 0.1) is 6.61 Å². The van der Waals surface area contributed by atoms with Crippen LogP contribution in [0.25, 0.3) is 0 Å². The van der Waals surface area contributed by atoms with E-state index in [1.165, 1.54) is 7.05 Å².